The van der Waals surface area contributed by atoms with Crippen molar-refractivity contribution in [3.63, 3.8) is 0 Å². The van der Waals surface area contributed by atoms with Crippen molar-refractivity contribution in [3.05, 3.63) is 0 Å². The van der Waals surface area contributed by atoms with Crippen LogP contribution in [0.3, 0.4) is 0 Å². The fourth-order valence-corrected chi connectivity index (χ4v) is 0.928. The molecule has 2 heteroatoms. The van der Waals surface area contributed by atoms with Gasteiger partial charge in [0.25, 0.3) is 0 Å². The van der Waals surface area contributed by atoms with Crippen LogP contribution in [0.25, 0.3) is 0 Å². The molecule has 0 spiro atoms. The Kier molecular flexibility index (Phi) is 2.49. The molecule has 1 fully saturated rings. The van der Waals surface area contributed by atoms with Gasteiger partial charge in [0, 0.05) is 6.42 Å². The molecular weight excluding hydrogens is 116 g/mol. The van der Waals surface area contributed by atoms with E-state index in [0.29, 0.717) is 5.92 Å². The maximum Gasteiger partial charge on any atom is 0.158 e. The molecule has 0 aliphatic carbocycles. The Morgan fingerprint density at radius 2 is 1.89 bits per heavy atom. The highest BCUT2D eigenvalue weighted by atomic mass is 16.7. The van der Waals surface area contributed by atoms with Gasteiger partial charge in [0.15, 0.2) is 6.29 Å². The Labute approximate surface area is 56.2 Å². The van der Waals surface area contributed by atoms with E-state index in [4.69, 9.17) is 9.47 Å². The van der Waals surface area contributed by atoms with E-state index in [0.717, 1.165) is 19.6 Å². The van der Waals surface area contributed by atoms with Crippen LogP contribution in [0.1, 0.15) is 20.3 Å². The normalized spacial score (nSPS) is 21.7. The van der Waals surface area contributed by atoms with Crippen LogP contribution >= 0.6 is 0 Å². The first kappa shape index (κ1) is 7.03. The largest absolute Gasteiger partial charge is 0.350 e. The van der Waals surface area contributed by atoms with Crippen molar-refractivity contribution in [1.29, 1.82) is 0 Å². The Morgan fingerprint density at radius 1 is 1.33 bits per heavy atom. The van der Waals surface area contributed by atoms with E-state index in [-0.39, 0.29) is 6.29 Å². The molecule has 54 valence electrons. The molecule has 0 aromatic rings. The Bertz CT molecular complexity index is 75.0. The molecule has 1 heterocycles. The van der Waals surface area contributed by atoms with Crippen LogP contribution in [0.15, 0.2) is 0 Å². The predicted octanol–water partition coefficient (Wildman–Crippen LogP) is 1.41. The number of ether oxygens (including phenoxy) is 2. The van der Waals surface area contributed by atoms with Crippen LogP contribution in [0.2, 0.25) is 0 Å². The van der Waals surface area contributed by atoms with Crippen molar-refractivity contribution in [2.24, 2.45) is 5.92 Å². The molecule has 0 bridgehead atoms. The molecule has 0 N–H and O–H groups in total. The summed E-state index contributed by atoms with van der Waals surface area (Å²) in [4.78, 5) is 0. The smallest absolute Gasteiger partial charge is 0.158 e. The first-order valence-corrected chi connectivity index (χ1v) is 3.52. The number of hydrogen-bond donors (Lipinski definition) is 0. The molecule has 0 unspecified atom stereocenters. The molecule has 1 aliphatic heterocycles. The minimum absolute atomic E-state index is 0.0880. The monoisotopic (exact) mass is 130 g/mol. The molecule has 0 radical (unpaired) electrons. The molecule has 1 saturated heterocycles. The first-order valence-electron chi connectivity index (χ1n) is 3.52. The van der Waals surface area contributed by atoms with Crippen molar-refractivity contribution in [3.8, 4) is 0 Å². The Balaban J connectivity index is 2.11. The summed E-state index contributed by atoms with van der Waals surface area (Å²) in [6.07, 6.45) is 1.12. The van der Waals surface area contributed by atoms with Gasteiger partial charge >= 0.3 is 0 Å². The van der Waals surface area contributed by atoms with Crippen LogP contribution in [-0.2, 0) is 9.47 Å². The first-order chi connectivity index (χ1) is 4.29. The summed E-state index contributed by atoms with van der Waals surface area (Å²) in [6.45, 7) is 5.89. The van der Waals surface area contributed by atoms with E-state index in [1.807, 2.05) is 0 Å². The van der Waals surface area contributed by atoms with Crippen LogP contribution in [0.4, 0.5) is 0 Å². The summed E-state index contributed by atoms with van der Waals surface area (Å²) >= 11 is 0. The second-order valence-corrected chi connectivity index (χ2v) is 2.80. The van der Waals surface area contributed by atoms with E-state index in [1.165, 1.54) is 0 Å². The Hall–Kier alpha value is -0.0800. The van der Waals surface area contributed by atoms with Gasteiger partial charge in [-0.05, 0) is 5.92 Å². The quantitative estimate of drug-likeness (QED) is 0.562. The molecule has 0 atom stereocenters. The lowest BCUT2D eigenvalue weighted by Gasteiger charge is -2.10. The average molecular weight is 130 g/mol. The van der Waals surface area contributed by atoms with Crippen molar-refractivity contribution >= 4 is 0 Å². The van der Waals surface area contributed by atoms with Gasteiger partial charge in [-0.1, -0.05) is 13.8 Å². The molecule has 0 aromatic carbocycles. The van der Waals surface area contributed by atoms with E-state index in [9.17, 15) is 0 Å². The molecule has 0 saturated carbocycles. The highest BCUT2D eigenvalue weighted by Crippen LogP contribution is 2.13. The molecule has 2 nitrogen and oxygen atoms in total. The van der Waals surface area contributed by atoms with E-state index < -0.39 is 0 Å². The second kappa shape index (κ2) is 3.18. The molecule has 0 amide bonds. The zero-order valence-electron chi connectivity index (χ0n) is 6.09. The minimum Gasteiger partial charge on any atom is -0.350 e. The average Bonchev–Trinajstić information content (AvgIpc) is 2.15. The zero-order valence-corrected chi connectivity index (χ0v) is 6.09. The lowest BCUT2D eigenvalue weighted by atomic mass is 10.1. The third-order valence-corrected chi connectivity index (χ3v) is 1.35. The molecule has 1 rings (SSSR count). The molecule has 0 aromatic heterocycles. The van der Waals surface area contributed by atoms with Gasteiger partial charge in [-0.3, -0.25) is 0 Å². The van der Waals surface area contributed by atoms with Crippen LogP contribution in [-0.4, -0.2) is 19.5 Å². The topological polar surface area (TPSA) is 18.5 Å². The summed E-state index contributed by atoms with van der Waals surface area (Å²) in [6, 6.07) is 0. The summed E-state index contributed by atoms with van der Waals surface area (Å²) in [5, 5.41) is 0. The van der Waals surface area contributed by atoms with Crippen molar-refractivity contribution in [2.75, 3.05) is 13.2 Å². The number of rotatable bonds is 2. The summed E-state index contributed by atoms with van der Waals surface area (Å²) < 4.78 is 10.5. The summed E-state index contributed by atoms with van der Waals surface area (Å²) in [7, 11) is 0. The Morgan fingerprint density at radius 3 is 2.33 bits per heavy atom. The second-order valence-electron chi connectivity index (χ2n) is 2.80. The van der Waals surface area contributed by atoms with Crippen LogP contribution in [0, 0.1) is 5.92 Å². The van der Waals surface area contributed by atoms with Crippen LogP contribution < -0.4 is 0 Å². The predicted molar refractivity (Wildman–Crippen MR) is 35.1 cm³/mol. The maximum absolute atomic E-state index is 5.24. The minimum atomic E-state index is 0.0880. The van der Waals surface area contributed by atoms with Crippen molar-refractivity contribution in [1.82, 2.24) is 0 Å². The highest BCUT2D eigenvalue weighted by Gasteiger charge is 2.16. The van der Waals surface area contributed by atoms with E-state index in [1.54, 1.807) is 0 Å². The van der Waals surface area contributed by atoms with E-state index >= 15 is 0 Å². The van der Waals surface area contributed by atoms with Gasteiger partial charge in [0.05, 0.1) is 13.2 Å². The third-order valence-electron chi connectivity index (χ3n) is 1.35. The fourth-order valence-electron chi connectivity index (χ4n) is 0.928. The SMILES string of the molecule is CC(C)CC1OCCO1. The summed E-state index contributed by atoms with van der Waals surface area (Å²) in [5.41, 5.74) is 0. The van der Waals surface area contributed by atoms with Gasteiger partial charge in [-0.25, -0.2) is 0 Å². The van der Waals surface area contributed by atoms with Crippen molar-refractivity contribution in [2.45, 2.75) is 26.6 Å². The fraction of sp³-hybridized carbons (Fsp3) is 1.00. The van der Waals surface area contributed by atoms with Crippen LogP contribution in [0.5, 0.6) is 0 Å². The van der Waals surface area contributed by atoms with Gasteiger partial charge in [0.2, 0.25) is 0 Å². The zero-order chi connectivity index (χ0) is 6.69. The maximum atomic E-state index is 5.24. The standard InChI is InChI=1S/C7H14O2/c1-6(2)5-7-8-3-4-9-7/h6-7H,3-5H2,1-2H3. The lowest BCUT2D eigenvalue weighted by molar-refractivity contribution is -0.0541. The summed E-state index contributed by atoms with van der Waals surface area (Å²) in [5.74, 6) is 0.674. The molecule has 9 heavy (non-hydrogen) atoms. The van der Waals surface area contributed by atoms with Gasteiger partial charge in [-0.2, -0.15) is 0 Å². The van der Waals surface area contributed by atoms with Gasteiger partial charge in [0.1, 0.15) is 0 Å². The van der Waals surface area contributed by atoms with E-state index in [2.05, 4.69) is 13.8 Å². The van der Waals surface area contributed by atoms with Crippen molar-refractivity contribution < 1.29 is 9.47 Å². The highest BCUT2D eigenvalue weighted by molar-refractivity contribution is 4.54. The molecular formula is C7H14O2. The van der Waals surface area contributed by atoms with Gasteiger partial charge in [-0.15, -0.1) is 0 Å². The lowest BCUT2D eigenvalue weighted by Crippen LogP contribution is -2.10. The third kappa shape index (κ3) is 2.33. The number of hydrogen-bond acceptors (Lipinski definition) is 2. The molecule has 1 aliphatic rings. The van der Waals surface area contributed by atoms with Gasteiger partial charge < -0.3 is 9.47 Å².